The van der Waals surface area contributed by atoms with E-state index in [9.17, 15) is 9.59 Å². The lowest BCUT2D eigenvalue weighted by atomic mass is 9.95. The van der Waals surface area contributed by atoms with Gasteiger partial charge in [0.1, 0.15) is 0 Å². The Morgan fingerprint density at radius 2 is 1.96 bits per heavy atom. The number of rotatable bonds is 5. The highest BCUT2D eigenvalue weighted by atomic mass is 35.5. The van der Waals surface area contributed by atoms with Gasteiger partial charge in [-0.15, -0.1) is 12.4 Å². The number of carbonyl (C=O) groups is 2. The van der Waals surface area contributed by atoms with E-state index in [1.54, 1.807) is 0 Å². The van der Waals surface area contributed by atoms with E-state index in [2.05, 4.69) is 5.32 Å². The van der Waals surface area contributed by atoms with Crippen molar-refractivity contribution in [3.8, 4) is 0 Å². The number of carbonyl (C=O) groups excluding carboxylic acids is 2. The van der Waals surface area contributed by atoms with Crippen molar-refractivity contribution in [3.63, 3.8) is 0 Å². The van der Waals surface area contributed by atoms with Crippen LogP contribution in [-0.2, 0) is 9.59 Å². The second-order valence-corrected chi connectivity index (χ2v) is 6.38. The van der Waals surface area contributed by atoms with Crippen molar-refractivity contribution in [1.82, 2.24) is 10.2 Å². The summed E-state index contributed by atoms with van der Waals surface area (Å²) in [6.45, 7) is 4.19. The van der Waals surface area contributed by atoms with E-state index in [-0.39, 0.29) is 48.8 Å². The van der Waals surface area contributed by atoms with Crippen molar-refractivity contribution >= 4 is 24.2 Å². The standard InChI is InChI=1S/C18H27N3O2.ClH/c1-13(19)17-10-6-7-11-21(17)18(23)12-16(20-14(2)22)15-8-4-3-5-9-15;/h3-5,8-9,13,16-17H,6-7,10-12,19H2,1-2H3,(H,20,22);1H. The topological polar surface area (TPSA) is 75.4 Å². The van der Waals surface area contributed by atoms with Gasteiger partial charge in [0.25, 0.3) is 0 Å². The summed E-state index contributed by atoms with van der Waals surface area (Å²) in [6, 6.07) is 9.41. The minimum Gasteiger partial charge on any atom is -0.349 e. The molecule has 0 aliphatic carbocycles. The van der Waals surface area contributed by atoms with E-state index in [1.165, 1.54) is 6.92 Å². The lowest BCUT2D eigenvalue weighted by molar-refractivity contribution is -0.136. The van der Waals surface area contributed by atoms with Crippen molar-refractivity contribution in [2.24, 2.45) is 5.73 Å². The zero-order valence-electron chi connectivity index (χ0n) is 14.4. The molecule has 1 fully saturated rings. The fourth-order valence-corrected chi connectivity index (χ4v) is 3.29. The Kier molecular flexibility index (Phi) is 8.22. The molecule has 0 radical (unpaired) electrons. The zero-order valence-corrected chi connectivity index (χ0v) is 15.2. The van der Waals surface area contributed by atoms with Gasteiger partial charge in [-0.05, 0) is 31.7 Å². The molecule has 2 amide bonds. The summed E-state index contributed by atoms with van der Waals surface area (Å²) in [5, 5.41) is 2.89. The molecule has 0 spiro atoms. The first kappa shape index (κ1) is 20.5. The molecule has 6 heteroatoms. The van der Waals surface area contributed by atoms with Gasteiger partial charge in [-0.25, -0.2) is 0 Å². The maximum Gasteiger partial charge on any atom is 0.225 e. The molecule has 3 N–H and O–H groups in total. The highest BCUT2D eigenvalue weighted by molar-refractivity contribution is 5.85. The van der Waals surface area contributed by atoms with Crippen LogP contribution in [0.1, 0.15) is 51.1 Å². The van der Waals surface area contributed by atoms with Crippen LogP contribution in [0.15, 0.2) is 30.3 Å². The van der Waals surface area contributed by atoms with Crippen LogP contribution >= 0.6 is 12.4 Å². The minimum atomic E-state index is -0.295. The summed E-state index contributed by atoms with van der Waals surface area (Å²) < 4.78 is 0. The molecular formula is C18H28ClN3O2. The van der Waals surface area contributed by atoms with Gasteiger partial charge < -0.3 is 16.0 Å². The third-order valence-corrected chi connectivity index (χ3v) is 4.43. The van der Waals surface area contributed by atoms with Gasteiger partial charge in [0.05, 0.1) is 12.5 Å². The van der Waals surface area contributed by atoms with Crippen LogP contribution in [0, 0.1) is 0 Å². The van der Waals surface area contributed by atoms with Crippen molar-refractivity contribution in [2.45, 2.75) is 57.7 Å². The molecule has 1 aromatic carbocycles. The van der Waals surface area contributed by atoms with Crippen LogP contribution in [0.5, 0.6) is 0 Å². The van der Waals surface area contributed by atoms with Gasteiger partial charge in [0, 0.05) is 25.6 Å². The molecule has 0 aromatic heterocycles. The zero-order chi connectivity index (χ0) is 16.8. The molecule has 3 atom stereocenters. The lowest BCUT2D eigenvalue weighted by Crippen LogP contribution is -2.52. The third-order valence-electron chi connectivity index (χ3n) is 4.43. The molecule has 0 saturated carbocycles. The third kappa shape index (κ3) is 5.49. The molecule has 0 bridgehead atoms. The van der Waals surface area contributed by atoms with Gasteiger partial charge >= 0.3 is 0 Å². The van der Waals surface area contributed by atoms with Gasteiger partial charge in [0.2, 0.25) is 11.8 Å². The first-order valence-electron chi connectivity index (χ1n) is 8.36. The van der Waals surface area contributed by atoms with Crippen molar-refractivity contribution in [1.29, 1.82) is 0 Å². The second-order valence-electron chi connectivity index (χ2n) is 6.38. The fraction of sp³-hybridized carbons (Fsp3) is 0.556. The highest BCUT2D eigenvalue weighted by Crippen LogP contribution is 2.23. The normalized spacial score (nSPS) is 19.8. The summed E-state index contributed by atoms with van der Waals surface area (Å²) in [4.78, 5) is 26.2. The van der Waals surface area contributed by atoms with Crippen LogP contribution in [0.25, 0.3) is 0 Å². The predicted octanol–water partition coefficient (Wildman–Crippen LogP) is 2.40. The van der Waals surface area contributed by atoms with Crippen LogP contribution in [0.4, 0.5) is 0 Å². The molecule has 1 aromatic rings. The molecule has 3 unspecified atom stereocenters. The molecule has 1 saturated heterocycles. The van der Waals surface area contributed by atoms with E-state index in [1.807, 2.05) is 42.2 Å². The van der Waals surface area contributed by atoms with E-state index in [4.69, 9.17) is 5.73 Å². The Labute approximate surface area is 150 Å². The maximum absolute atomic E-state index is 12.8. The van der Waals surface area contributed by atoms with Crippen LogP contribution in [0.3, 0.4) is 0 Å². The summed E-state index contributed by atoms with van der Waals surface area (Å²) in [5.74, 6) is -0.0661. The average Bonchev–Trinajstić information content (AvgIpc) is 2.54. The fourth-order valence-electron chi connectivity index (χ4n) is 3.29. The molecule has 134 valence electrons. The Bertz CT molecular complexity index is 536. The number of nitrogens with one attached hydrogen (secondary N) is 1. The largest absolute Gasteiger partial charge is 0.349 e. The lowest BCUT2D eigenvalue weighted by Gasteiger charge is -2.38. The smallest absolute Gasteiger partial charge is 0.225 e. The number of amides is 2. The van der Waals surface area contributed by atoms with Crippen molar-refractivity contribution in [3.05, 3.63) is 35.9 Å². The van der Waals surface area contributed by atoms with E-state index >= 15 is 0 Å². The Hall–Kier alpha value is -1.59. The Balaban J connectivity index is 0.00000288. The molecule has 1 aliphatic heterocycles. The number of hydrogen-bond donors (Lipinski definition) is 2. The molecule has 24 heavy (non-hydrogen) atoms. The second kappa shape index (κ2) is 9.64. The number of halogens is 1. The van der Waals surface area contributed by atoms with Crippen LogP contribution in [-0.4, -0.2) is 35.3 Å². The van der Waals surface area contributed by atoms with Gasteiger partial charge in [0.15, 0.2) is 0 Å². The van der Waals surface area contributed by atoms with Crippen LogP contribution < -0.4 is 11.1 Å². The number of hydrogen-bond acceptors (Lipinski definition) is 3. The monoisotopic (exact) mass is 353 g/mol. The number of nitrogens with two attached hydrogens (primary N) is 1. The molecule has 5 nitrogen and oxygen atoms in total. The van der Waals surface area contributed by atoms with E-state index in [0.29, 0.717) is 0 Å². The molecular weight excluding hydrogens is 326 g/mol. The van der Waals surface area contributed by atoms with E-state index in [0.717, 1.165) is 31.4 Å². The van der Waals surface area contributed by atoms with Gasteiger partial charge in [-0.2, -0.15) is 0 Å². The van der Waals surface area contributed by atoms with Crippen molar-refractivity contribution in [2.75, 3.05) is 6.54 Å². The molecule has 1 aliphatic rings. The summed E-state index contributed by atoms with van der Waals surface area (Å²) in [7, 11) is 0. The summed E-state index contributed by atoms with van der Waals surface area (Å²) in [6.07, 6.45) is 3.36. The average molecular weight is 354 g/mol. The maximum atomic E-state index is 12.8. The number of likely N-dealkylation sites (tertiary alicyclic amines) is 1. The first-order chi connectivity index (χ1) is 11.0. The van der Waals surface area contributed by atoms with Crippen LogP contribution in [0.2, 0.25) is 0 Å². The number of nitrogens with zero attached hydrogens (tertiary/aromatic N) is 1. The highest BCUT2D eigenvalue weighted by Gasteiger charge is 2.30. The number of benzene rings is 1. The van der Waals surface area contributed by atoms with E-state index < -0.39 is 0 Å². The van der Waals surface area contributed by atoms with Gasteiger partial charge in [-0.1, -0.05) is 30.3 Å². The quantitative estimate of drug-likeness (QED) is 0.853. The SMILES string of the molecule is CC(=O)NC(CC(=O)N1CCCCC1C(C)N)c1ccccc1.Cl. The van der Waals surface area contributed by atoms with Gasteiger partial charge in [-0.3, -0.25) is 9.59 Å². The Morgan fingerprint density at radius 1 is 1.29 bits per heavy atom. The number of piperidine rings is 1. The van der Waals surface area contributed by atoms with Crippen molar-refractivity contribution < 1.29 is 9.59 Å². The summed E-state index contributed by atoms with van der Waals surface area (Å²) in [5.41, 5.74) is 7.00. The molecule has 1 heterocycles. The molecule has 2 rings (SSSR count). The summed E-state index contributed by atoms with van der Waals surface area (Å²) >= 11 is 0. The minimum absolute atomic E-state index is 0. The first-order valence-corrected chi connectivity index (χ1v) is 8.36. The predicted molar refractivity (Wildman–Crippen MR) is 97.9 cm³/mol. The Morgan fingerprint density at radius 3 is 2.54 bits per heavy atom.